The summed E-state index contributed by atoms with van der Waals surface area (Å²) in [6.07, 6.45) is 0.513. The second-order valence-corrected chi connectivity index (χ2v) is 3.19. The van der Waals surface area contributed by atoms with Crippen LogP contribution < -0.4 is 10.6 Å². The molecule has 1 aromatic carbocycles. The molecule has 2 N–H and O–H groups in total. The van der Waals surface area contributed by atoms with E-state index in [9.17, 15) is 4.79 Å². The average molecular weight is 176 g/mol. The Balaban J connectivity index is 2.36. The van der Waals surface area contributed by atoms with Crippen molar-refractivity contribution >= 4 is 11.6 Å². The number of carbonyl (C=O) groups is 1. The van der Waals surface area contributed by atoms with Crippen LogP contribution in [0.1, 0.15) is 11.1 Å². The SMILES string of the molecule is CNc1ccc2c(c1)CNC(=O)C2. The van der Waals surface area contributed by atoms with Crippen LogP contribution in [0.3, 0.4) is 0 Å². The highest BCUT2D eigenvalue weighted by Crippen LogP contribution is 2.18. The summed E-state index contributed by atoms with van der Waals surface area (Å²) < 4.78 is 0. The normalized spacial score (nSPS) is 14.7. The minimum atomic E-state index is 0.115. The van der Waals surface area contributed by atoms with Gasteiger partial charge >= 0.3 is 0 Å². The summed E-state index contributed by atoms with van der Waals surface area (Å²) >= 11 is 0. The van der Waals surface area contributed by atoms with Gasteiger partial charge < -0.3 is 10.6 Å². The van der Waals surface area contributed by atoms with E-state index in [0.717, 1.165) is 11.3 Å². The van der Waals surface area contributed by atoms with Crippen LogP contribution in [0.2, 0.25) is 0 Å². The molecule has 2 rings (SSSR count). The van der Waals surface area contributed by atoms with E-state index >= 15 is 0 Å². The van der Waals surface area contributed by atoms with Gasteiger partial charge in [-0.2, -0.15) is 0 Å². The van der Waals surface area contributed by atoms with Gasteiger partial charge in [-0.1, -0.05) is 6.07 Å². The maximum atomic E-state index is 11.1. The minimum Gasteiger partial charge on any atom is -0.388 e. The lowest BCUT2D eigenvalue weighted by Gasteiger charge is -2.17. The van der Waals surface area contributed by atoms with Crippen molar-refractivity contribution in [2.24, 2.45) is 0 Å². The van der Waals surface area contributed by atoms with Gasteiger partial charge in [0.2, 0.25) is 5.91 Å². The highest BCUT2D eigenvalue weighted by Gasteiger charge is 2.14. The lowest BCUT2D eigenvalue weighted by molar-refractivity contribution is -0.121. The monoisotopic (exact) mass is 176 g/mol. The largest absolute Gasteiger partial charge is 0.388 e. The summed E-state index contributed by atoms with van der Waals surface area (Å²) in [6, 6.07) is 6.09. The maximum Gasteiger partial charge on any atom is 0.224 e. The van der Waals surface area contributed by atoms with E-state index in [-0.39, 0.29) is 5.91 Å². The third-order valence-corrected chi connectivity index (χ3v) is 2.32. The first-order valence-corrected chi connectivity index (χ1v) is 4.36. The van der Waals surface area contributed by atoms with Crippen LogP contribution in [0.5, 0.6) is 0 Å². The second kappa shape index (κ2) is 3.09. The van der Waals surface area contributed by atoms with E-state index in [1.165, 1.54) is 5.56 Å². The predicted octanol–water partition coefficient (Wildman–Crippen LogP) is 0.901. The van der Waals surface area contributed by atoms with Gasteiger partial charge in [0.1, 0.15) is 0 Å². The first-order valence-electron chi connectivity index (χ1n) is 4.36. The molecule has 0 radical (unpaired) electrons. The molecule has 3 heteroatoms. The fraction of sp³-hybridized carbons (Fsp3) is 0.300. The molecular formula is C10H12N2O. The van der Waals surface area contributed by atoms with E-state index in [0.29, 0.717) is 13.0 Å². The van der Waals surface area contributed by atoms with Crippen molar-refractivity contribution in [3.05, 3.63) is 29.3 Å². The molecule has 0 aliphatic carbocycles. The van der Waals surface area contributed by atoms with E-state index in [2.05, 4.69) is 16.7 Å². The topological polar surface area (TPSA) is 41.1 Å². The molecule has 3 nitrogen and oxygen atoms in total. The highest BCUT2D eigenvalue weighted by molar-refractivity contribution is 5.81. The van der Waals surface area contributed by atoms with Gasteiger partial charge in [-0.05, 0) is 23.3 Å². The molecular weight excluding hydrogens is 164 g/mol. The summed E-state index contributed by atoms with van der Waals surface area (Å²) in [5.41, 5.74) is 3.45. The molecule has 0 fully saturated rings. The summed E-state index contributed by atoms with van der Waals surface area (Å²) in [7, 11) is 1.89. The van der Waals surface area contributed by atoms with Gasteiger partial charge in [-0.25, -0.2) is 0 Å². The Morgan fingerprint density at radius 3 is 3.00 bits per heavy atom. The molecule has 0 unspecified atom stereocenters. The highest BCUT2D eigenvalue weighted by atomic mass is 16.1. The van der Waals surface area contributed by atoms with Gasteiger partial charge in [0.15, 0.2) is 0 Å². The van der Waals surface area contributed by atoms with E-state index in [1.807, 2.05) is 19.2 Å². The molecule has 1 heterocycles. The number of carbonyl (C=O) groups excluding carboxylic acids is 1. The molecule has 0 bridgehead atoms. The fourth-order valence-corrected chi connectivity index (χ4v) is 1.55. The fourth-order valence-electron chi connectivity index (χ4n) is 1.55. The molecule has 1 aliphatic rings. The summed E-state index contributed by atoms with van der Waals surface area (Å²) in [4.78, 5) is 11.1. The molecule has 0 aromatic heterocycles. The Morgan fingerprint density at radius 1 is 1.38 bits per heavy atom. The van der Waals surface area contributed by atoms with Crippen LogP contribution in [0, 0.1) is 0 Å². The van der Waals surface area contributed by atoms with Crippen molar-refractivity contribution in [3.8, 4) is 0 Å². The third-order valence-electron chi connectivity index (χ3n) is 2.32. The van der Waals surface area contributed by atoms with Crippen LogP contribution in [-0.2, 0) is 17.8 Å². The van der Waals surface area contributed by atoms with Gasteiger partial charge in [-0.15, -0.1) is 0 Å². The van der Waals surface area contributed by atoms with Crippen LogP contribution in [-0.4, -0.2) is 13.0 Å². The Hall–Kier alpha value is -1.51. The van der Waals surface area contributed by atoms with Crippen LogP contribution >= 0.6 is 0 Å². The molecule has 0 atom stereocenters. The lowest BCUT2D eigenvalue weighted by atomic mass is 10.00. The number of rotatable bonds is 1. The maximum absolute atomic E-state index is 11.1. The van der Waals surface area contributed by atoms with Gasteiger partial charge in [0.05, 0.1) is 6.42 Å². The van der Waals surface area contributed by atoms with Gasteiger partial charge in [-0.3, -0.25) is 4.79 Å². The number of anilines is 1. The molecule has 1 aliphatic heterocycles. The molecule has 68 valence electrons. The van der Waals surface area contributed by atoms with Crippen LogP contribution in [0.25, 0.3) is 0 Å². The zero-order valence-corrected chi connectivity index (χ0v) is 7.55. The molecule has 13 heavy (non-hydrogen) atoms. The molecule has 1 aromatic rings. The molecule has 1 amide bonds. The molecule has 0 spiro atoms. The van der Waals surface area contributed by atoms with Crippen LogP contribution in [0.4, 0.5) is 5.69 Å². The standard InChI is InChI=1S/C10H12N2O/c1-11-9-3-2-7-5-10(13)12-6-8(7)4-9/h2-4,11H,5-6H2,1H3,(H,12,13). The number of hydrogen-bond acceptors (Lipinski definition) is 2. The predicted molar refractivity (Wildman–Crippen MR) is 51.5 cm³/mol. The lowest BCUT2D eigenvalue weighted by Crippen LogP contribution is -2.30. The van der Waals surface area contributed by atoms with Crippen LogP contribution in [0.15, 0.2) is 18.2 Å². The summed E-state index contributed by atoms with van der Waals surface area (Å²) in [5.74, 6) is 0.115. The smallest absolute Gasteiger partial charge is 0.224 e. The minimum absolute atomic E-state index is 0.115. The first-order chi connectivity index (χ1) is 6.29. The first kappa shape index (κ1) is 8.10. The third kappa shape index (κ3) is 1.49. The second-order valence-electron chi connectivity index (χ2n) is 3.19. The Morgan fingerprint density at radius 2 is 2.23 bits per heavy atom. The number of hydrogen-bond donors (Lipinski definition) is 2. The zero-order valence-electron chi connectivity index (χ0n) is 7.55. The average Bonchev–Trinajstić information content (AvgIpc) is 2.17. The number of amides is 1. The number of benzene rings is 1. The Bertz CT molecular complexity index is 347. The van der Waals surface area contributed by atoms with Gasteiger partial charge in [0.25, 0.3) is 0 Å². The zero-order chi connectivity index (χ0) is 9.26. The molecule has 0 saturated carbocycles. The quantitative estimate of drug-likeness (QED) is 0.667. The van der Waals surface area contributed by atoms with Crippen molar-refractivity contribution in [2.45, 2.75) is 13.0 Å². The summed E-state index contributed by atoms with van der Waals surface area (Å²) in [6.45, 7) is 0.656. The van der Waals surface area contributed by atoms with Crippen molar-refractivity contribution in [3.63, 3.8) is 0 Å². The number of nitrogens with one attached hydrogen (secondary N) is 2. The van der Waals surface area contributed by atoms with Gasteiger partial charge in [0, 0.05) is 19.3 Å². The van der Waals surface area contributed by atoms with E-state index in [4.69, 9.17) is 0 Å². The van der Waals surface area contributed by atoms with E-state index < -0.39 is 0 Å². The van der Waals surface area contributed by atoms with Crippen molar-refractivity contribution in [2.75, 3.05) is 12.4 Å². The van der Waals surface area contributed by atoms with Crippen molar-refractivity contribution in [1.29, 1.82) is 0 Å². The van der Waals surface area contributed by atoms with Crippen molar-refractivity contribution in [1.82, 2.24) is 5.32 Å². The molecule has 0 saturated heterocycles. The van der Waals surface area contributed by atoms with Crippen molar-refractivity contribution < 1.29 is 4.79 Å². The van der Waals surface area contributed by atoms with E-state index in [1.54, 1.807) is 0 Å². The Labute approximate surface area is 77.1 Å². The summed E-state index contributed by atoms with van der Waals surface area (Å²) in [5, 5.41) is 5.90. The Kier molecular flexibility index (Phi) is 1.93. The number of fused-ring (bicyclic) bond motifs is 1.